The minimum absolute atomic E-state index is 0.0100. The van der Waals surface area contributed by atoms with Gasteiger partial charge in [-0.3, -0.25) is 4.98 Å². The summed E-state index contributed by atoms with van der Waals surface area (Å²) in [5, 5.41) is 12.6. The first kappa shape index (κ1) is 8.47. The summed E-state index contributed by atoms with van der Waals surface area (Å²) in [7, 11) is 0. The van der Waals surface area contributed by atoms with Crippen molar-refractivity contribution in [2.75, 3.05) is 18.5 Å². The summed E-state index contributed by atoms with van der Waals surface area (Å²) in [5.74, 6) is 0. The maximum Gasteiger partial charge on any atom is 0.0996 e. The zero-order valence-corrected chi connectivity index (χ0v) is 7.18. The van der Waals surface area contributed by atoms with E-state index in [-0.39, 0.29) is 6.04 Å². The molecule has 2 atom stereocenters. The molecule has 0 aliphatic carbocycles. The number of rotatable bonds is 2. The molecular weight excluding hydrogens is 168 g/mol. The molecule has 2 rings (SSSR count). The van der Waals surface area contributed by atoms with Crippen LogP contribution >= 0.6 is 0 Å². The Morgan fingerprint density at radius 3 is 3.08 bits per heavy atom. The number of nitrogens with one attached hydrogen (secondary N) is 1. The minimum Gasteiger partial charge on any atom is -0.388 e. The molecule has 0 spiro atoms. The summed E-state index contributed by atoms with van der Waals surface area (Å²) in [6.07, 6.45) is 3.03. The standard InChI is InChI=1S/C9H12N2O2/c12-9-6-13-5-8(9)11-7-2-1-3-10-4-7/h1-4,8-9,11-12H,5-6H2/t8-,9-/m0/s1. The maximum absolute atomic E-state index is 9.44. The van der Waals surface area contributed by atoms with Crippen LogP contribution in [0.15, 0.2) is 24.5 Å². The van der Waals surface area contributed by atoms with Gasteiger partial charge in [0.2, 0.25) is 0 Å². The van der Waals surface area contributed by atoms with Crippen LogP contribution in [0.2, 0.25) is 0 Å². The highest BCUT2D eigenvalue weighted by atomic mass is 16.5. The molecule has 1 aliphatic heterocycles. The lowest BCUT2D eigenvalue weighted by atomic mass is 10.2. The monoisotopic (exact) mass is 180 g/mol. The van der Waals surface area contributed by atoms with Crippen LogP contribution in [-0.4, -0.2) is 35.5 Å². The number of aromatic nitrogens is 1. The van der Waals surface area contributed by atoms with Crippen LogP contribution in [0, 0.1) is 0 Å². The van der Waals surface area contributed by atoms with Gasteiger partial charge in [-0.2, -0.15) is 0 Å². The lowest BCUT2D eigenvalue weighted by Gasteiger charge is -2.15. The van der Waals surface area contributed by atoms with Gasteiger partial charge in [0.15, 0.2) is 0 Å². The predicted molar refractivity (Wildman–Crippen MR) is 48.5 cm³/mol. The number of anilines is 1. The van der Waals surface area contributed by atoms with Crippen molar-refractivity contribution in [3.05, 3.63) is 24.5 Å². The highest BCUT2D eigenvalue weighted by Crippen LogP contribution is 2.12. The second-order valence-electron chi connectivity index (χ2n) is 3.10. The van der Waals surface area contributed by atoms with E-state index in [4.69, 9.17) is 4.74 Å². The van der Waals surface area contributed by atoms with Gasteiger partial charge >= 0.3 is 0 Å². The number of nitrogens with zero attached hydrogens (tertiary/aromatic N) is 1. The second-order valence-corrected chi connectivity index (χ2v) is 3.10. The third kappa shape index (κ3) is 1.96. The Morgan fingerprint density at radius 2 is 2.46 bits per heavy atom. The van der Waals surface area contributed by atoms with E-state index in [1.807, 2.05) is 12.1 Å². The number of hydrogen-bond acceptors (Lipinski definition) is 4. The summed E-state index contributed by atoms with van der Waals surface area (Å²) in [6, 6.07) is 3.76. The van der Waals surface area contributed by atoms with Gasteiger partial charge in [-0.1, -0.05) is 0 Å². The Balaban J connectivity index is 1.98. The van der Waals surface area contributed by atoms with Gasteiger partial charge in [0.05, 0.1) is 31.0 Å². The Labute approximate surface area is 76.6 Å². The Bertz CT molecular complexity index is 266. The minimum atomic E-state index is -0.416. The fourth-order valence-corrected chi connectivity index (χ4v) is 1.34. The molecular formula is C9H12N2O2. The third-order valence-electron chi connectivity index (χ3n) is 2.06. The van der Waals surface area contributed by atoms with Crippen molar-refractivity contribution in [1.29, 1.82) is 0 Å². The molecule has 70 valence electrons. The van der Waals surface area contributed by atoms with Crippen LogP contribution < -0.4 is 5.32 Å². The van der Waals surface area contributed by atoms with E-state index in [0.29, 0.717) is 13.2 Å². The maximum atomic E-state index is 9.44. The van der Waals surface area contributed by atoms with Crippen molar-refractivity contribution in [3.8, 4) is 0 Å². The fourth-order valence-electron chi connectivity index (χ4n) is 1.34. The lowest BCUT2D eigenvalue weighted by molar-refractivity contribution is 0.125. The fraction of sp³-hybridized carbons (Fsp3) is 0.444. The average Bonchev–Trinajstić information content (AvgIpc) is 2.54. The molecule has 0 radical (unpaired) electrons. The first-order valence-electron chi connectivity index (χ1n) is 4.28. The average molecular weight is 180 g/mol. The summed E-state index contributed by atoms with van der Waals surface area (Å²) < 4.78 is 5.11. The number of hydrogen-bond donors (Lipinski definition) is 2. The van der Waals surface area contributed by atoms with Gasteiger partial charge in [0.1, 0.15) is 0 Å². The van der Waals surface area contributed by atoms with Gasteiger partial charge in [0.25, 0.3) is 0 Å². The van der Waals surface area contributed by atoms with E-state index in [0.717, 1.165) is 5.69 Å². The van der Waals surface area contributed by atoms with Crippen molar-refractivity contribution >= 4 is 5.69 Å². The van der Waals surface area contributed by atoms with Crippen molar-refractivity contribution in [2.45, 2.75) is 12.1 Å². The Morgan fingerprint density at radius 1 is 1.54 bits per heavy atom. The smallest absolute Gasteiger partial charge is 0.0996 e. The molecule has 1 aromatic rings. The number of aliphatic hydroxyl groups is 1. The molecule has 0 amide bonds. The molecule has 2 heterocycles. The van der Waals surface area contributed by atoms with Crippen molar-refractivity contribution in [3.63, 3.8) is 0 Å². The van der Waals surface area contributed by atoms with E-state index in [1.165, 1.54) is 0 Å². The van der Waals surface area contributed by atoms with Gasteiger partial charge in [-0.15, -0.1) is 0 Å². The van der Waals surface area contributed by atoms with Crippen molar-refractivity contribution in [2.24, 2.45) is 0 Å². The normalized spacial score (nSPS) is 27.5. The molecule has 13 heavy (non-hydrogen) atoms. The van der Waals surface area contributed by atoms with Crippen LogP contribution in [0.5, 0.6) is 0 Å². The topological polar surface area (TPSA) is 54.4 Å². The summed E-state index contributed by atoms with van der Waals surface area (Å²) in [5.41, 5.74) is 0.914. The van der Waals surface area contributed by atoms with E-state index in [1.54, 1.807) is 12.4 Å². The first-order chi connectivity index (χ1) is 6.36. The van der Waals surface area contributed by atoms with Crippen molar-refractivity contribution < 1.29 is 9.84 Å². The number of aliphatic hydroxyl groups excluding tert-OH is 1. The van der Waals surface area contributed by atoms with Crippen LogP contribution in [0.1, 0.15) is 0 Å². The Kier molecular flexibility index (Phi) is 2.42. The Hall–Kier alpha value is -1.13. The van der Waals surface area contributed by atoms with Gasteiger partial charge < -0.3 is 15.2 Å². The van der Waals surface area contributed by atoms with Crippen LogP contribution in [0.4, 0.5) is 5.69 Å². The molecule has 1 aliphatic rings. The van der Waals surface area contributed by atoms with Crippen LogP contribution in [0.3, 0.4) is 0 Å². The lowest BCUT2D eigenvalue weighted by Crippen LogP contribution is -2.31. The van der Waals surface area contributed by atoms with E-state index in [2.05, 4.69) is 10.3 Å². The molecule has 0 aromatic carbocycles. The largest absolute Gasteiger partial charge is 0.388 e. The highest BCUT2D eigenvalue weighted by Gasteiger charge is 2.25. The summed E-state index contributed by atoms with van der Waals surface area (Å²) >= 11 is 0. The SMILES string of the molecule is O[C@H]1COC[C@@H]1Nc1cccnc1. The molecule has 1 aromatic heterocycles. The molecule has 0 saturated carbocycles. The van der Waals surface area contributed by atoms with Crippen LogP contribution in [-0.2, 0) is 4.74 Å². The zero-order chi connectivity index (χ0) is 9.10. The molecule has 1 fully saturated rings. The van der Waals surface area contributed by atoms with E-state index >= 15 is 0 Å². The van der Waals surface area contributed by atoms with Gasteiger partial charge in [0, 0.05) is 12.4 Å². The molecule has 1 saturated heterocycles. The molecule has 0 unspecified atom stereocenters. The molecule has 2 N–H and O–H groups in total. The van der Waals surface area contributed by atoms with Crippen LogP contribution in [0.25, 0.3) is 0 Å². The predicted octanol–water partition coefficient (Wildman–Crippen LogP) is 0.253. The van der Waals surface area contributed by atoms with Crippen molar-refractivity contribution in [1.82, 2.24) is 4.98 Å². The first-order valence-corrected chi connectivity index (χ1v) is 4.28. The summed E-state index contributed by atoms with van der Waals surface area (Å²) in [4.78, 5) is 3.97. The van der Waals surface area contributed by atoms with E-state index < -0.39 is 6.10 Å². The number of ether oxygens (including phenoxy) is 1. The molecule has 4 nitrogen and oxygen atoms in total. The van der Waals surface area contributed by atoms with Gasteiger partial charge in [-0.05, 0) is 12.1 Å². The molecule has 0 bridgehead atoms. The van der Waals surface area contributed by atoms with Gasteiger partial charge in [-0.25, -0.2) is 0 Å². The third-order valence-corrected chi connectivity index (χ3v) is 2.06. The number of pyridine rings is 1. The molecule has 4 heteroatoms. The summed E-state index contributed by atoms with van der Waals surface area (Å²) in [6.45, 7) is 0.966. The highest BCUT2D eigenvalue weighted by molar-refractivity contribution is 5.41. The second kappa shape index (κ2) is 3.72. The quantitative estimate of drug-likeness (QED) is 0.685. The zero-order valence-electron chi connectivity index (χ0n) is 7.18. The van der Waals surface area contributed by atoms with E-state index in [9.17, 15) is 5.11 Å².